The molecule has 2 aromatic rings. The molecule has 0 bridgehead atoms. The number of benzene rings is 2. The Hall–Kier alpha value is -1.40. The van der Waals surface area contributed by atoms with Gasteiger partial charge in [-0.3, -0.25) is 5.32 Å². The maximum atomic E-state index is 11.9. The Morgan fingerprint density at radius 1 is 1.15 bits per heavy atom. The van der Waals surface area contributed by atoms with Gasteiger partial charge in [0.1, 0.15) is 6.04 Å². The molecule has 1 N–H and O–H groups in total. The van der Waals surface area contributed by atoms with Gasteiger partial charge < -0.3 is 4.74 Å². The summed E-state index contributed by atoms with van der Waals surface area (Å²) in [7, 11) is 1.41. The fourth-order valence-electron chi connectivity index (χ4n) is 1.92. The first-order chi connectivity index (χ1) is 9.70. The lowest BCUT2D eigenvalue weighted by Crippen LogP contribution is -2.29. The molecule has 0 spiro atoms. The molecule has 0 aliphatic rings. The van der Waals surface area contributed by atoms with Crippen molar-refractivity contribution in [3.63, 3.8) is 0 Å². The normalized spacial score (nSPS) is 11.9. The molecule has 0 radical (unpaired) electrons. The van der Waals surface area contributed by atoms with E-state index < -0.39 is 6.04 Å². The summed E-state index contributed by atoms with van der Waals surface area (Å²) in [5.41, 5.74) is 2.04. The third kappa shape index (κ3) is 4.05. The van der Waals surface area contributed by atoms with E-state index in [-0.39, 0.29) is 5.97 Å². The van der Waals surface area contributed by atoms with Crippen LogP contribution in [0, 0.1) is 3.57 Å². The summed E-state index contributed by atoms with van der Waals surface area (Å²) in [6, 6.07) is 17.3. The molecule has 2 aromatic carbocycles. The number of methoxy groups -OCH3 is 1. The second kappa shape index (κ2) is 7.40. The number of hydrogen-bond acceptors (Lipinski definition) is 3. The molecule has 1 atom stereocenters. The molecule has 0 aromatic heterocycles. The Bertz CT molecular complexity index is 554. The highest BCUT2D eigenvalue weighted by atomic mass is 127. The monoisotopic (exact) mass is 381 g/mol. The number of ether oxygens (including phenoxy) is 1. The molecule has 0 heterocycles. The lowest BCUT2D eigenvalue weighted by atomic mass is 10.1. The summed E-state index contributed by atoms with van der Waals surface area (Å²) in [6.07, 6.45) is 0. The number of rotatable bonds is 5. The minimum Gasteiger partial charge on any atom is -0.468 e. The predicted molar refractivity (Wildman–Crippen MR) is 87.2 cm³/mol. The van der Waals surface area contributed by atoms with E-state index in [1.807, 2.05) is 54.6 Å². The quantitative estimate of drug-likeness (QED) is 0.638. The molecule has 0 amide bonds. The molecule has 0 saturated heterocycles. The molecular formula is C16H16INO2. The molecule has 0 saturated carbocycles. The lowest BCUT2D eigenvalue weighted by molar-refractivity contribution is -0.143. The van der Waals surface area contributed by atoms with Gasteiger partial charge in [-0.2, -0.15) is 0 Å². The summed E-state index contributed by atoms with van der Waals surface area (Å²) in [6.45, 7) is 0.617. The van der Waals surface area contributed by atoms with E-state index >= 15 is 0 Å². The maximum absolute atomic E-state index is 11.9. The van der Waals surface area contributed by atoms with Gasteiger partial charge in [-0.15, -0.1) is 0 Å². The van der Waals surface area contributed by atoms with Gasteiger partial charge in [0.15, 0.2) is 0 Å². The smallest absolute Gasteiger partial charge is 0.327 e. The van der Waals surface area contributed by atoms with Crippen LogP contribution in [0.2, 0.25) is 0 Å². The van der Waals surface area contributed by atoms with Gasteiger partial charge in [0.25, 0.3) is 0 Å². The zero-order chi connectivity index (χ0) is 14.4. The average molecular weight is 381 g/mol. The summed E-state index contributed by atoms with van der Waals surface area (Å²) in [4.78, 5) is 11.9. The van der Waals surface area contributed by atoms with Crippen LogP contribution in [0.15, 0.2) is 54.6 Å². The first-order valence-corrected chi connectivity index (χ1v) is 7.39. The van der Waals surface area contributed by atoms with Gasteiger partial charge in [-0.1, -0.05) is 42.5 Å². The number of carbonyl (C=O) groups excluding carboxylic acids is 1. The van der Waals surface area contributed by atoms with E-state index in [0.29, 0.717) is 6.54 Å². The van der Waals surface area contributed by atoms with Crippen LogP contribution in [-0.2, 0) is 16.1 Å². The van der Waals surface area contributed by atoms with E-state index in [9.17, 15) is 4.79 Å². The Balaban J connectivity index is 2.09. The van der Waals surface area contributed by atoms with Crippen molar-refractivity contribution >= 4 is 28.6 Å². The minimum absolute atomic E-state index is 0.276. The Kier molecular flexibility index (Phi) is 5.55. The van der Waals surface area contributed by atoms with E-state index in [1.165, 1.54) is 10.7 Å². The number of hydrogen-bond donors (Lipinski definition) is 1. The minimum atomic E-state index is -0.444. The second-order valence-electron chi connectivity index (χ2n) is 4.37. The molecule has 0 fully saturated rings. The summed E-state index contributed by atoms with van der Waals surface area (Å²) in [5, 5.41) is 3.25. The van der Waals surface area contributed by atoms with Crippen molar-refractivity contribution in [3.05, 3.63) is 69.3 Å². The van der Waals surface area contributed by atoms with Crippen LogP contribution in [0.5, 0.6) is 0 Å². The molecule has 1 unspecified atom stereocenters. The molecule has 3 nitrogen and oxygen atoms in total. The van der Waals surface area contributed by atoms with Crippen LogP contribution in [-0.4, -0.2) is 13.1 Å². The highest BCUT2D eigenvalue weighted by molar-refractivity contribution is 14.1. The molecule has 0 aliphatic heterocycles. The van der Waals surface area contributed by atoms with Gasteiger partial charge >= 0.3 is 5.97 Å². The maximum Gasteiger partial charge on any atom is 0.327 e. The second-order valence-corrected chi connectivity index (χ2v) is 5.62. The fourth-order valence-corrected chi connectivity index (χ4v) is 2.28. The van der Waals surface area contributed by atoms with E-state index in [1.54, 1.807) is 0 Å². The van der Waals surface area contributed by atoms with Crippen LogP contribution < -0.4 is 5.32 Å². The average Bonchev–Trinajstić information content (AvgIpc) is 2.50. The molecule has 2 rings (SSSR count). The zero-order valence-electron chi connectivity index (χ0n) is 11.2. The largest absolute Gasteiger partial charge is 0.468 e. The number of esters is 1. The van der Waals surface area contributed by atoms with Gasteiger partial charge in [0.2, 0.25) is 0 Å². The summed E-state index contributed by atoms with van der Waals surface area (Å²) in [5.74, 6) is -0.276. The third-order valence-electron chi connectivity index (χ3n) is 2.99. The van der Waals surface area contributed by atoms with Crippen LogP contribution in [0.4, 0.5) is 0 Å². The van der Waals surface area contributed by atoms with E-state index in [2.05, 4.69) is 27.9 Å². The topological polar surface area (TPSA) is 38.3 Å². The first-order valence-electron chi connectivity index (χ1n) is 6.31. The molecule has 104 valence electrons. The lowest BCUT2D eigenvalue weighted by Gasteiger charge is -2.17. The van der Waals surface area contributed by atoms with Gasteiger partial charge in [0, 0.05) is 10.1 Å². The summed E-state index contributed by atoms with van der Waals surface area (Å²) >= 11 is 2.27. The van der Waals surface area contributed by atoms with E-state index in [0.717, 1.165) is 11.1 Å². The summed E-state index contributed by atoms with van der Waals surface area (Å²) < 4.78 is 6.07. The van der Waals surface area contributed by atoms with E-state index in [4.69, 9.17) is 4.74 Å². The number of nitrogens with one attached hydrogen (secondary N) is 1. The Morgan fingerprint density at radius 2 is 1.80 bits per heavy atom. The third-order valence-corrected chi connectivity index (χ3v) is 3.71. The number of carbonyl (C=O) groups is 1. The molecule has 4 heteroatoms. The Morgan fingerprint density at radius 3 is 2.40 bits per heavy atom. The highest BCUT2D eigenvalue weighted by Crippen LogP contribution is 2.15. The predicted octanol–water partition coefficient (Wildman–Crippen LogP) is 3.30. The molecule has 0 aliphatic carbocycles. The van der Waals surface area contributed by atoms with Gasteiger partial charge in [0.05, 0.1) is 7.11 Å². The molecular weight excluding hydrogens is 365 g/mol. The van der Waals surface area contributed by atoms with Crippen LogP contribution >= 0.6 is 22.6 Å². The van der Waals surface area contributed by atoms with Gasteiger partial charge in [-0.25, -0.2) is 4.79 Å². The van der Waals surface area contributed by atoms with Crippen molar-refractivity contribution in [2.24, 2.45) is 0 Å². The zero-order valence-corrected chi connectivity index (χ0v) is 13.3. The van der Waals surface area contributed by atoms with Crippen molar-refractivity contribution < 1.29 is 9.53 Å². The van der Waals surface area contributed by atoms with Crippen molar-refractivity contribution in [3.8, 4) is 0 Å². The van der Waals surface area contributed by atoms with Crippen LogP contribution in [0.1, 0.15) is 17.2 Å². The molecule has 20 heavy (non-hydrogen) atoms. The van der Waals surface area contributed by atoms with Crippen LogP contribution in [0.25, 0.3) is 0 Å². The fraction of sp³-hybridized carbons (Fsp3) is 0.188. The Labute approximate surface area is 132 Å². The SMILES string of the molecule is COC(=O)C(NCc1ccc(I)cc1)c1ccccc1. The van der Waals surface area contributed by atoms with Crippen molar-refractivity contribution in [2.75, 3.05) is 7.11 Å². The first kappa shape index (κ1) is 15.0. The van der Waals surface area contributed by atoms with Crippen LogP contribution in [0.3, 0.4) is 0 Å². The van der Waals surface area contributed by atoms with Gasteiger partial charge in [-0.05, 0) is 45.9 Å². The standard InChI is InChI=1S/C16H16INO2/c1-20-16(19)15(13-5-3-2-4-6-13)18-11-12-7-9-14(17)10-8-12/h2-10,15,18H,11H2,1H3. The number of halogens is 1. The highest BCUT2D eigenvalue weighted by Gasteiger charge is 2.20. The van der Waals surface area contributed by atoms with Crippen molar-refractivity contribution in [2.45, 2.75) is 12.6 Å². The van der Waals surface area contributed by atoms with Crippen molar-refractivity contribution in [1.82, 2.24) is 5.32 Å². The van der Waals surface area contributed by atoms with Crippen molar-refractivity contribution in [1.29, 1.82) is 0 Å².